The molecule has 1 saturated carbocycles. The minimum atomic E-state index is -0.308. The normalized spacial score (nSPS) is 18.6. The summed E-state index contributed by atoms with van der Waals surface area (Å²) in [5, 5.41) is 5.80. The largest absolute Gasteiger partial charge is 0.349 e. The van der Waals surface area contributed by atoms with Crippen LogP contribution in [0.25, 0.3) is 0 Å². The van der Waals surface area contributed by atoms with Crippen LogP contribution >= 0.6 is 11.3 Å². The molecule has 0 saturated heterocycles. The molecule has 0 radical (unpaired) electrons. The maximum Gasteiger partial charge on any atom is 0.227 e. The first-order valence-electron chi connectivity index (χ1n) is 5.64. The summed E-state index contributed by atoms with van der Waals surface area (Å²) in [6.45, 7) is 0.981. The summed E-state index contributed by atoms with van der Waals surface area (Å²) in [4.78, 5) is 16.2. The Morgan fingerprint density at radius 3 is 2.88 bits per heavy atom. The predicted molar refractivity (Wildman–Crippen MR) is 63.9 cm³/mol. The van der Waals surface area contributed by atoms with Crippen molar-refractivity contribution < 1.29 is 4.79 Å². The van der Waals surface area contributed by atoms with E-state index in [4.69, 9.17) is 5.73 Å². The van der Waals surface area contributed by atoms with Crippen LogP contribution in [0.4, 0.5) is 0 Å². The number of carbonyl (C=O) groups excluding carboxylic acids is 1. The number of thiazole rings is 1. The molecule has 0 aromatic carbocycles. The van der Waals surface area contributed by atoms with E-state index in [1.807, 2.05) is 5.38 Å². The highest BCUT2D eigenvalue weighted by Gasteiger charge is 2.39. The molecule has 1 aliphatic rings. The quantitative estimate of drug-likeness (QED) is 0.831. The van der Waals surface area contributed by atoms with Crippen molar-refractivity contribution >= 4 is 17.2 Å². The fourth-order valence-corrected chi connectivity index (χ4v) is 2.82. The van der Waals surface area contributed by atoms with Gasteiger partial charge in [0.1, 0.15) is 5.01 Å². The average Bonchev–Trinajstić information content (AvgIpc) is 2.97. The van der Waals surface area contributed by atoms with Gasteiger partial charge in [0.2, 0.25) is 5.91 Å². The molecule has 1 aliphatic carbocycles. The summed E-state index contributed by atoms with van der Waals surface area (Å²) in [7, 11) is 0. The molecule has 0 aliphatic heterocycles. The zero-order valence-electron chi connectivity index (χ0n) is 9.24. The van der Waals surface area contributed by atoms with E-state index >= 15 is 0 Å². The van der Waals surface area contributed by atoms with Gasteiger partial charge in [-0.2, -0.15) is 0 Å². The van der Waals surface area contributed by atoms with Gasteiger partial charge in [-0.25, -0.2) is 4.98 Å². The monoisotopic (exact) mass is 239 g/mol. The SMILES string of the molecule is NCC1(C(=O)NCc2nccs2)CCCC1. The summed E-state index contributed by atoms with van der Waals surface area (Å²) in [6.07, 6.45) is 5.82. The van der Waals surface area contributed by atoms with Crippen LogP contribution in [0, 0.1) is 5.41 Å². The third-order valence-electron chi connectivity index (χ3n) is 3.32. The Balaban J connectivity index is 1.91. The first kappa shape index (κ1) is 11.5. The zero-order chi connectivity index (χ0) is 11.4. The van der Waals surface area contributed by atoms with Crippen molar-refractivity contribution in [1.29, 1.82) is 0 Å². The Labute approximate surface area is 99.3 Å². The number of hydrogen-bond donors (Lipinski definition) is 2. The van der Waals surface area contributed by atoms with E-state index in [1.54, 1.807) is 17.5 Å². The standard InChI is InChI=1S/C11H17N3OS/c12-8-11(3-1-2-4-11)10(15)14-7-9-13-5-6-16-9/h5-6H,1-4,7-8,12H2,(H,14,15). The molecule has 4 nitrogen and oxygen atoms in total. The van der Waals surface area contributed by atoms with Gasteiger partial charge in [0.15, 0.2) is 0 Å². The van der Waals surface area contributed by atoms with Crippen LogP contribution in [0.5, 0.6) is 0 Å². The molecule has 1 aromatic heterocycles. The lowest BCUT2D eigenvalue weighted by Crippen LogP contribution is -2.43. The lowest BCUT2D eigenvalue weighted by atomic mass is 9.85. The van der Waals surface area contributed by atoms with Crippen molar-refractivity contribution in [1.82, 2.24) is 10.3 Å². The number of amides is 1. The van der Waals surface area contributed by atoms with E-state index < -0.39 is 0 Å². The van der Waals surface area contributed by atoms with E-state index in [-0.39, 0.29) is 11.3 Å². The molecule has 1 amide bonds. The summed E-state index contributed by atoms with van der Waals surface area (Å²) in [5.41, 5.74) is 5.44. The molecule has 3 N–H and O–H groups in total. The number of aromatic nitrogens is 1. The molecule has 0 spiro atoms. The Morgan fingerprint density at radius 2 is 2.31 bits per heavy atom. The van der Waals surface area contributed by atoms with Gasteiger partial charge in [-0.05, 0) is 12.8 Å². The summed E-state index contributed by atoms with van der Waals surface area (Å²) in [6, 6.07) is 0. The van der Waals surface area contributed by atoms with Crippen molar-refractivity contribution in [2.45, 2.75) is 32.2 Å². The molecule has 16 heavy (non-hydrogen) atoms. The van der Waals surface area contributed by atoms with Crippen LogP contribution in [0.3, 0.4) is 0 Å². The Morgan fingerprint density at radius 1 is 1.56 bits per heavy atom. The van der Waals surface area contributed by atoms with E-state index in [9.17, 15) is 4.79 Å². The molecule has 5 heteroatoms. The lowest BCUT2D eigenvalue weighted by Gasteiger charge is -2.25. The first-order valence-corrected chi connectivity index (χ1v) is 6.51. The topological polar surface area (TPSA) is 68.0 Å². The van der Waals surface area contributed by atoms with Crippen LogP contribution in [0.1, 0.15) is 30.7 Å². The van der Waals surface area contributed by atoms with Gasteiger partial charge in [-0.15, -0.1) is 11.3 Å². The molecular weight excluding hydrogens is 222 g/mol. The number of hydrogen-bond acceptors (Lipinski definition) is 4. The minimum Gasteiger partial charge on any atom is -0.349 e. The second kappa shape index (κ2) is 4.93. The number of nitrogens with one attached hydrogen (secondary N) is 1. The van der Waals surface area contributed by atoms with Crippen LogP contribution in [0.2, 0.25) is 0 Å². The fraction of sp³-hybridized carbons (Fsp3) is 0.636. The zero-order valence-corrected chi connectivity index (χ0v) is 10.1. The van der Waals surface area contributed by atoms with Crippen molar-refractivity contribution in [2.24, 2.45) is 11.1 Å². The number of carbonyl (C=O) groups is 1. The second-order valence-corrected chi connectivity index (χ2v) is 5.28. The third-order valence-corrected chi connectivity index (χ3v) is 4.10. The third kappa shape index (κ3) is 2.25. The van der Waals surface area contributed by atoms with Crippen LogP contribution in [-0.4, -0.2) is 17.4 Å². The molecular formula is C11H17N3OS. The molecule has 1 fully saturated rings. The Hall–Kier alpha value is -0.940. The number of nitrogens with zero attached hydrogens (tertiary/aromatic N) is 1. The minimum absolute atomic E-state index is 0.0997. The summed E-state index contributed by atoms with van der Waals surface area (Å²) in [5.74, 6) is 0.0997. The van der Waals surface area contributed by atoms with Crippen molar-refractivity contribution in [3.05, 3.63) is 16.6 Å². The van der Waals surface area contributed by atoms with Gasteiger partial charge in [0, 0.05) is 18.1 Å². The summed E-state index contributed by atoms with van der Waals surface area (Å²) >= 11 is 1.56. The van der Waals surface area contributed by atoms with E-state index in [2.05, 4.69) is 10.3 Å². The Bertz CT molecular complexity index is 344. The van der Waals surface area contributed by atoms with Crippen molar-refractivity contribution in [2.75, 3.05) is 6.54 Å². The molecule has 88 valence electrons. The van der Waals surface area contributed by atoms with Crippen LogP contribution in [-0.2, 0) is 11.3 Å². The number of rotatable bonds is 4. The van der Waals surface area contributed by atoms with Gasteiger partial charge in [-0.1, -0.05) is 12.8 Å². The molecule has 0 unspecified atom stereocenters. The highest BCUT2D eigenvalue weighted by molar-refractivity contribution is 7.09. The van der Waals surface area contributed by atoms with E-state index in [0.717, 1.165) is 30.7 Å². The van der Waals surface area contributed by atoms with Crippen molar-refractivity contribution in [3.8, 4) is 0 Å². The van der Waals surface area contributed by atoms with Gasteiger partial charge in [-0.3, -0.25) is 4.79 Å². The number of nitrogens with two attached hydrogens (primary N) is 1. The fourth-order valence-electron chi connectivity index (χ4n) is 2.26. The van der Waals surface area contributed by atoms with Gasteiger partial charge in [0.05, 0.1) is 12.0 Å². The van der Waals surface area contributed by atoms with Gasteiger partial charge in [0.25, 0.3) is 0 Å². The first-order chi connectivity index (χ1) is 7.77. The van der Waals surface area contributed by atoms with Crippen molar-refractivity contribution in [3.63, 3.8) is 0 Å². The van der Waals surface area contributed by atoms with E-state index in [1.165, 1.54) is 0 Å². The Kier molecular flexibility index (Phi) is 3.56. The maximum atomic E-state index is 12.1. The molecule has 1 aromatic rings. The molecule has 0 bridgehead atoms. The highest BCUT2D eigenvalue weighted by Crippen LogP contribution is 2.37. The smallest absolute Gasteiger partial charge is 0.227 e. The summed E-state index contributed by atoms with van der Waals surface area (Å²) < 4.78 is 0. The molecule has 1 heterocycles. The van der Waals surface area contributed by atoms with E-state index in [0.29, 0.717) is 13.1 Å². The maximum absolute atomic E-state index is 12.1. The predicted octanol–water partition coefficient (Wildman–Crippen LogP) is 1.28. The van der Waals surface area contributed by atoms with Crippen LogP contribution in [0.15, 0.2) is 11.6 Å². The second-order valence-electron chi connectivity index (χ2n) is 4.30. The molecule has 2 rings (SSSR count). The lowest BCUT2D eigenvalue weighted by molar-refractivity contribution is -0.130. The van der Waals surface area contributed by atoms with Gasteiger partial charge < -0.3 is 11.1 Å². The van der Waals surface area contributed by atoms with Crippen LogP contribution < -0.4 is 11.1 Å². The van der Waals surface area contributed by atoms with Gasteiger partial charge >= 0.3 is 0 Å². The highest BCUT2D eigenvalue weighted by atomic mass is 32.1. The molecule has 0 atom stereocenters. The average molecular weight is 239 g/mol.